The molecule has 0 aliphatic carbocycles. The van der Waals surface area contributed by atoms with Gasteiger partial charge in [-0.3, -0.25) is 0 Å². The molecule has 0 spiro atoms. The first kappa shape index (κ1) is 12.6. The topological polar surface area (TPSA) is 45.5 Å². The Morgan fingerprint density at radius 1 is 1.29 bits per heavy atom. The molecule has 5 nitrogen and oxygen atoms in total. The SMILES string of the molecule is COCn1nccc1B1OC(C)(C)C(C)(C)O1. The smallest absolute Gasteiger partial charge is 0.398 e. The van der Waals surface area contributed by atoms with Crippen LogP contribution in [0.15, 0.2) is 12.3 Å². The number of hydrogen-bond acceptors (Lipinski definition) is 4. The summed E-state index contributed by atoms with van der Waals surface area (Å²) in [5, 5.41) is 4.18. The molecule has 1 fully saturated rings. The maximum absolute atomic E-state index is 5.96. The van der Waals surface area contributed by atoms with E-state index in [1.165, 1.54) is 0 Å². The zero-order valence-corrected chi connectivity index (χ0v) is 11.1. The first-order valence-electron chi connectivity index (χ1n) is 5.74. The first-order chi connectivity index (χ1) is 7.87. The Hall–Kier alpha value is -0.845. The molecule has 0 radical (unpaired) electrons. The van der Waals surface area contributed by atoms with Crippen LogP contribution in [-0.4, -0.2) is 35.2 Å². The van der Waals surface area contributed by atoms with Crippen molar-refractivity contribution in [2.45, 2.75) is 45.6 Å². The molecule has 2 heterocycles. The summed E-state index contributed by atoms with van der Waals surface area (Å²) in [6.45, 7) is 8.52. The number of nitrogens with zero attached hydrogens (tertiary/aromatic N) is 2. The minimum Gasteiger partial charge on any atom is -0.398 e. The molecule has 6 heteroatoms. The summed E-state index contributed by atoms with van der Waals surface area (Å²) in [4.78, 5) is 0. The Morgan fingerprint density at radius 2 is 1.88 bits per heavy atom. The molecule has 1 saturated heterocycles. The minimum atomic E-state index is -0.391. The van der Waals surface area contributed by atoms with Gasteiger partial charge < -0.3 is 14.0 Å². The summed E-state index contributed by atoms with van der Waals surface area (Å²) in [6.07, 6.45) is 1.72. The summed E-state index contributed by atoms with van der Waals surface area (Å²) in [6, 6.07) is 1.89. The van der Waals surface area contributed by atoms with Crippen molar-refractivity contribution in [3.8, 4) is 0 Å². The molecule has 0 unspecified atom stereocenters. The Labute approximate surface area is 102 Å². The number of rotatable bonds is 3. The predicted octanol–water partition coefficient (Wildman–Crippen LogP) is 0.786. The quantitative estimate of drug-likeness (QED) is 0.730. The van der Waals surface area contributed by atoms with Crippen LogP contribution in [-0.2, 0) is 20.8 Å². The van der Waals surface area contributed by atoms with Gasteiger partial charge in [0, 0.05) is 13.3 Å². The molecule has 1 aliphatic rings. The van der Waals surface area contributed by atoms with Crippen LogP contribution in [0.3, 0.4) is 0 Å². The highest BCUT2D eigenvalue weighted by Crippen LogP contribution is 2.36. The van der Waals surface area contributed by atoms with Crippen molar-refractivity contribution in [3.63, 3.8) is 0 Å². The lowest BCUT2D eigenvalue weighted by atomic mass is 9.85. The predicted molar refractivity (Wildman–Crippen MR) is 65.0 cm³/mol. The Kier molecular flexibility index (Phi) is 3.05. The van der Waals surface area contributed by atoms with Gasteiger partial charge >= 0.3 is 7.12 Å². The van der Waals surface area contributed by atoms with Crippen LogP contribution >= 0.6 is 0 Å². The van der Waals surface area contributed by atoms with Crippen LogP contribution < -0.4 is 5.59 Å². The lowest BCUT2D eigenvalue weighted by Crippen LogP contribution is -2.41. The van der Waals surface area contributed by atoms with E-state index in [9.17, 15) is 0 Å². The molecule has 0 N–H and O–H groups in total. The second-order valence-corrected chi connectivity index (χ2v) is 5.26. The van der Waals surface area contributed by atoms with Crippen molar-refractivity contribution < 1.29 is 14.0 Å². The van der Waals surface area contributed by atoms with Crippen molar-refractivity contribution in [1.29, 1.82) is 0 Å². The molecule has 2 rings (SSSR count). The molecule has 0 atom stereocenters. The fourth-order valence-electron chi connectivity index (χ4n) is 1.74. The molecule has 1 aliphatic heterocycles. The van der Waals surface area contributed by atoms with Crippen LogP contribution in [0.1, 0.15) is 27.7 Å². The largest absolute Gasteiger partial charge is 0.514 e. The van der Waals surface area contributed by atoms with Gasteiger partial charge in [-0.2, -0.15) is 5.10 Å². The third kappa shape index (κ3) is 2.12. The van der Waals surface area contributed by atoms with Crippen molar-refractivity contribution in [2.24, 2.45) is 0 Å². The molecule has 0 amide bonds. The second kappa shape index (κ2) is 4.12. The number of hydrogen-bond donors (Lipinski definition) is 0. The van der Waals surface area contributed by atoms with Gasteiger partial charge in [-0.15, -0.1) is 0 Å². The summed E-state index contributed by atoms with van der Waals surface area (Å²) < 4.78 is 18.7. The summed E-state index contributed by atoms with van der Waals surface area (Å²) >= 11 is 0. The van der Waals surface area contributed by atoms with Crippen LogP contribution in [0, 0.1) is 0 Å². The fourth-order valence-corrected chi connectivity index (χ4v) is 1.74. The molecule has 17 heavy (non-hydrogen) atoms. The molecule has 0 bridgehead atoms. The van der Waals surface area contributed by atoms with Crippen molar-refractivity contribution in [3.05, 3.63) is 12.3 Å². The van der Waals surface area contributed by atoms with Gasteiger partial charge in [0.25, 0.3) is 0 Å². The molecule has 1 aromatic heterocycles. The summed E-state index contributed by atoms with van der Waals surface area (Å²) in [5.41, 5.74) is 0.213. The minimum absolute atomic E-state index is 0.333. The van der Waals surface area contributed by atoms with Crippen LogP contribution in [0.25, 0.3) is 0 Å². The summed E-state index contributed by atoms with van der Waals surface area (Å²) in [5.74, 6) is 0. The van der Waals surface area contributed by atoms with Crippen LogP contribution in [0.2, 0.25) is 0 Å². The summed E-state index contributed by atoms with van der Waals surface area (Å²) in [7, 11) is 1.24. The van der Waals surface area contributed by atoms with Crippen molar-refractivity contribution in [2.75, 3.05) is 7.11 Å². The van der Waals surface area contributed by atoms with E-state index in [1.54, 1.807) is 18.0 Å². The third-order valence-corrected chi connectivity index (χ3v) is 3.50. The van der Waals surface area contributed by atoms with E-state index in [0.717, 1.165) is 5.59 Å². The molecule has 1 aromatic rings. The normalized spacial score (nSPS) is 22.1. The zero-order valence-electron chi connectivity index (χ0n) is 11.1. The lowest BCUT2D eigenvalue weighted by Gasteiger charge is -2.32. The van der Waals surface area contributed by atoms with E-state index in [2.05, 4.69) is 5.10 Å². The molecule has 0 aromatic carbocycles. The Morgan fingerprint density at radius 3 is 2.41 bits per heavy atom. The maximum Gasteiger partial charge on any atom is 0.514 e. The lowest BCUT2D eigenvalue weighted by molar-refractivity contribution is 0.00578. The standard InChI is InChI=1S/C11H19BN2O3/c1-10(2)11(3,4)17-12(16-10)9-6-7-13-14(9)8-15-5/h6-7H,8H2,1-5H3. The molecular formula is C11H19BN2O3. The number of methoxy groups -OCH3 is 1. The van der Waals surface area contributed by atoms with Gasteiger partial charge in [0.15, 0.2) is 0 Å². The van der Waals surface area contributed by atoms with E-state index in [1.807, 2.05) is 33.8 Å². The van der Waals surface area contributed by atoms with Gasteiger partial charge in [-0.1, -0.05) is 0 Å². The van der Waals surface area contributed by atoms with Gasteiger partial charge in [-0.05, 0) is 33.8 Å². The zero-order chi connectivity index (χ0) is 12.7. The van der Waals surface area contributed by atoms with E-state index in [4.69, 9.17) is 14.0 Å². The van der Waals surface area contributed by atoms with Crippen molar-refractivity contribution in [1.82, 2.24) is 9.78 Å². The number of aromatic nitrogens is 2. The van der Waals surface area contributed by atoms with E-state index < -0.39 is 7.12 Å². The van der Waals surface area contributed by atoms with Gasteiger partial charge in [0.05, 0.1) is 16.8 Å². The van der Waals surface area contributed by atoms with Gasteiger partial charge in [0.1, 0.15) is 6.73 Å². The molecule has 0 saturated carbocycles. The Bertz CT molecular complexity index is 387. The van der Waals surface area contributed by atoms with Gasteiger partial charge in [0.2, 0.25) is 0 Å². The highest BCUT2D eigenvalue weighted by molar-refractivity contribution is 6.61. The molecular weight excluding hydrogens is 219 g/mol. The first-order valence-corrected chi connectivity index (χ1v) is 5.74. The van der Waals surface area contributed by atoms with E-state index >= 15 is 0 Å². The van der Waals surface area contributed by atoms with E-state index in [-0.39, 0.29) is 11.2 Å². The average Bonchev–Trinajstić information content (AvgIpc) is 2.71. The highest BCUT2D eigenvalue weighted by atomic mass is 16.7. The third-order valence-electron chi connectivity index (χ3n) is 3.50. The maximum atomic E-state index is 5.96. The van der Waals surface area contributed by atoms with Crippen molar-refractivity contribution >= 4 is 12.7 Å². The monoisotopic (exact) mass is 238 g/mol. The number of ether oxygens (including phenoxy) is 1. The van der Waals surface area contributed by atoms with Crippen LogP contribution in [0.5, 0.6) is 0 Å². The Balaban J connectivity index is 2.23. The molecule has 94 valence electrons. The highest BCUT2D eigenvalue weighted by Gasteiger charge is 2.52. The van der Waals surface area contributed by atoms with E-state index in [0.29, 0.717) is 6.73 Å². The van der Waals surface area contributed by atoms with Gasteiger partial charge in [-0.25, -0.2) is 4.68 Å². The second-order valence-electron chi connectivity index (χ2n) is 5.26. The average molecular weight is 238 g/mol. The fraction of sp³-hybridized carbons (Fsp3) is 0.727. The van der Waals surface area contributed by atoms with Crippen LogP contribution in [0.4, 0.5) is 0 Å².